The molecule has 2 nitrogen and oxygen atoms in total. The molecule has 2 aromatic carbocycles. The maximum absolute atomic E-state index is 4.50. The molecule has 0 aromatic heterocycles. The number of aryl methyl sites for hydroxylation is 1. The van der Waals surface area contributed by atoms with Gasteiger partial charge in [-0.1, -0.05) is 48.0 Å². The molecule has 2 aromatic rings. The molecular formula is C16H16N2. The van der Waals surface area contributed by atoms with Crippen molar-refractivity contribution < 1.29 is 0 Å². The fourth-order valence-corrected chi connectivity index (χ4v) is 2.31. The van der Waals surface area contributed by atoms with E-state index < -0.39 is 0 Å². The van der Waals surface area contributed by atoms with Gasteiger partial charge in [0.05, 0.1) is 11.7 Å². The summed E-state index contributed by atoms with van der Waals surface area (Å²) in [5.74, 6) is 0. The molecule has 18 heavy (non-hydrogen) atoms. The minimum Gasteiger partial charge on any atom is -0.258 e. The molecule has 0 saturated carbocycles. The predicted octanol–water partition coefficient (Wildman–Crippen LogP) is 3.93. The second kappa shape index (κ2) is 4.65. The van der Waals surface area contributed by atoms with E-state index in [1.54, 1.807) is 0 Å². The molecule has 1 aliphatic rings. The van der Waals surface area contributed by atoms with E-state index in [-0.39, 0.29) is 0 Å². The van der Waals surface area contributed by atoms with E-state index in [0.717, 1.165) is 12.1 Å². The number of nitrogens with zero attached hydrogens (tertiary/aromatic N) is 2. The molecule has 0 radical (unpaired) electrons. The van der Waals surface area contributed by atoms with Crippen molar-refractivity contribution in [1.29, 1.82) is 0 Å². The molecule has 2 heteroatoms. The van der Waals surface area contributed by atoms with Gasteiger partial charge in [-0.15, -0.1) is 0 Å². The molecule has 1 heterocycles. The van der Waals surface area contributed by atoms with Gasteiger partial charge < -0.3 is 0 Å². The highest BCUT2D eigenvalue weighted by atomic mass is 15.5. The quantitative estimate of drug-likeness (QED) is 0.771. The number of rotatable bonds is 2. The van der Waals surface area contributed by atoms with Crippen LogP contribution >= 0.6 is 0 Å². The predicted molar refractivity (Wildman–Crippen MR) is 76.0 cm³/mol. The van der Waals surface area contributed by atoms with Crippen molar-refractivity contribution in [3.63, 3.8) is 0 Å². The molecule has 90 valence electrons. The van der Waals surface area contributed by atoms with Crippen LogP contribution in [0.25, 0.3) is 0 Å². The Balaban J connectivity index is 1.91. The lowest BCUT2D eigenvalue weighted by Crippen LogP contribution is -2.18. The van der Waals surface area contributed by atoms with Crippen LogP contribution in [0.3, 0.4) is 0 Å². The van der Waals surface area contributed by atoms with Gasteiger partial charge in [-0.05, 0) is 24.6 Å². The van der Waals surface area contributed by atoms with Crippen molar-refractivity contribution in [1.82, 2.24) is 0 Å². The number of hydrogen-bond donors (Lipinski definition) is 0. The maximum Gasteiger partial charge on any atom is 0.0825 e. The van der Waals surface area contributed by atoms with Crippen LogP contribution < -0.4 is 5.01 Å². The third-order valence-corrected chi connectivity index (χ3v) is 3.31. The number of hydrazone groups is 1. The molecule has 1 unspecified atom stereocenters. The summed E-state index contributed by atoms with van der Waals surface area (Å²) >= 11 is 0. The lowest BCUT2D eigenvalue weighted by Gasteiger charge is -2.24. The first kappa shape index (κ1) is 11.0. The van der Waals surface area contributed by atoms with E-state index >= 15 is 0 Å². The molecule has 0 fully saturated rings. The van der Waals surface area contributed by atoms with Gasteiger partial charge in [0.25, 0.3) is 0 Å². The van der Waals surface area contributed by atoms with Crippen LogP contribution in [0.4, 0.5) is 5.69 Å². The fourth-order valence-electron chi connectivity index (χ4n) is 2.31. The van der Waals surface area contributed by atoms with Crippen LogP contribution in [0.2, 0.25) is 0 Å². The van der Waals surface area contributed by atoms with E-state index in [1.165, 1.54) is 11.1 Å². The Bertz CT molecular complexity index is 543. The Kier molecular flexibility index (Phi) is 2.85. The lowest BCUT2D eigenvalue weighted by molar-refractivity contribution is 0.709. The monoisotopic (exact) mass is 236 g/mol. The largest absolute Gasteiger partial charge is 0.258 e. The third kappa shape index (κ3) is 2.02. The van der Waals surface area contributed by atoms with Gasteiger partial charge in [-0.3, -0.25) is 5.01 Å². The van der Waals surface area contributed by atoms with Crippen LogP contribution in [0.5, 0.6) is 0 Å². The summed E-state index contributed by atoms with van der Waals surface area (Å²) in [6.45, 7) is 2.10. The highest BCUT2D eigenvalue weighted by Crippen LogP contribution is 2.32. The average molecular weight is 236 g/mol. The molecule has 0 bridgehead atoms. The first-order chi connectivity index (χ1) is 8.84. The maximum atomic E-state index is 4.50. The van der Waals surface area contributed by atoms with Gasteiger partial charge in [-0.2, -0.15) is 5.10 Å². The topological polar surface area (TPSA) is 15.6 Å². The van der Waals surface area contributed by atoms with Crippen LogP contribution in [-0.2, 0) is 0 Å². The van der Waals surface area contributed by atoms with E-state index in [9.17, 15) is 0 Å². The van der Waals surface area contributed by atoms with Gasteiger partial charge in [0.2, 0.25) is 0 Å². The normalized spacial score (nSPS) is 18.3. The SMILES string of the molecule is Cc1ccc(N2N=CCC2c2ccccc2)cc1. The van der Waals surface area contributed by atoms with E-state index in [0.29, 0.717) is 6.04 Å². The van der Waals surface area contributed by atoms with Crippen molar-refractivity contribution in [2.75, 3.05) is 5.01 Å². The van der Waals surface area contributed by atoms with E-state index in [2.05, 4.69) is 71.6 Å². The van der Waals surface area contributed by atoms with Crippen molar-refractivity contribution in [3.8, 4) is 0 Å². The number of anilines is 1. The Hall–Kier alpha value is -2.09. The number of hydrogen-bond acceptors (Lipinski definition) is 2. The Morgan fingerprint density at radius 3 is 2.44 bits per heavy atom. The molecule has 1 aliphatic heterocycles. The Labute approximate surface area is 108 Å². The zero-order valence-corrected chi connectivity index (χ0v) is 10.5. The highest BCUT2D eigenvalue weighted by molar-refractivity contribution is 5.67. The zero-order valence-electron chi connectivity index (χ0n) is 10.5. The van der Waals surface area contributed by atoms with Gasteiger partial charge in [0, 0.05) is 12.6 Å². The minimum atomic E-state index is 0.328. The molecule has 0 aliphatic carbocycles. The fraction of sp³-hybridized carbons (Fsp3) is 0.188. The third-order valence-electron chi connectivity index (χ3n) is 3.31. The molecule has 0 saturated heterocycles. The summed E-state index contributed by atoms with van der Waals surface area (Å²) in [7, 11) is 0. The molecule has 0 amide bonds. The summed E-state index contributed by atoms with van der Waals surface area (Å²) in [4.78, 5) is 0. The zero-order chi connectivity index (χ0) is 12.4. The Morgan fingerprint density at radius 2 is 1.72 bits per heavy atom. The second-order valence-corrected chi connectivity index (χ2v) is 4.64. The van der Waals surface area contributed by atoms with Crippen LogP contribution in [0.1, 0.15) is 23.6 Å². The standard InChI is InChI=1S/C16H16N2/c1-13-7-9-15(10-8-13)18-16(11-12-17-18)14-5-3-2-4-6-14/h2-10,12,16H,11H2,1H3. The van der Waals surface area contributed by atoms with Gasteiger partial charge in [0.1, 0.15) is 0 Å². The molecule has 0 spiro atoms. The summed E-state index contributed by atoms with van der Waals surface area (Å²) in [6.07, 6.45) is 2.97. The smallest absolute Gasteiger partial charge is 0.0825 e. The second-order valence-electron chi connectivity index (χ2n) is 4.64. The Morgan fingerprint density at radius 1 is 1.00 bits per heavy atom. The lowest BCUT2D eigenvalue weighted by atomic mass is 10.0. The summed E-state index contributed by atoms with van der Waals surface area (Å²) in [6, 6.07) is 19.4. The van der Waals surface area contributed by atoms with E-state index in [4.69, 9.17) is 0 Å². The van der Waals surface area contributed by atoms with Crippen molar-refractivity contribution in [2.45, 2.75) is 19.4 Å². The number of benzene rings is 2. The van der Waals surface area contributed by atoms with Crippen LogP contribution in [0.15, 0.2) is 59.7 Å². The van der Waals surface area contributed by atoms with Gasteiger partial charge in [-0.25, -0.2) is 0 Å². The van der Waals surface area contributed by atoms with Crippen molar-refractivity contribution in [2.24, 2.45) is 5.10 Å². The average Bonchev–Trinajstić information content (AvgIpc) is 2.90. The highest BCUT2D eigenvalue weighted by Gasteiger charge is 2.23. The molecule has 0 N–H and O–H groups in total. The summed E-state index contributed by atoms with van der Waals surface area (Å²) in [5.41, 5.74) is 3.75. The van der Waals surface area contributed by atoms with Gasteiger partial charge in [0.15, 0.2) is 0 Å². The van der Waals surface area contributed by atoms with Gasteiger partial charge >= 0.3 is 0 Å². The van der Waals surface area contributed by atoms with Crippen molar-refractivity contribution >= 4 is 11.9 Å². The van der Waals surface area contributed by atoms with Crippen LogP contribution in [0, 0.1) is 6.92 Å². The molecular weight excluding hydrogens is 220 g/mol. The molecule has 1 atom stereocenters. The minimum absolute atomic E-state index is 0.328. The van der Waals surface area contributed by atoms with Crippen LogP contribution in [-0.4, -0.2) is 6.21 Å². The first-order valence-corrected chi connectivity index (χ1v) is 6.28. The first-order valence-electron chi connectivity index (χ1n) is 6.28. The van der Waals surface area contributed by atoms with E-state index in [1.807, 2.05) is 6.21 Å². The molecule has 3 rings (SSSR count). The summed E-state index contributed by atoms with van der Waals surface area (Å²) in [5, 5.41) is 6.61. The summed E-state index contributed by atoms with van der Waals surface area (Å²) < 4.78 is 0. The van der Waals surface area contributed by atoms with Crippen molar-refractivity contribution in [3.05, 3.63) is 65.7 Å².